The van der Waals surface area contributed by atoms with Gasteiger partial charge in [-0.15, -0.1) is 0 Å². The molecule has 0 atom stereocenters. The van der Waals surface area contributed by atoms with Gasteiger partial charge in [0, 0.05) is 25.5 Å². The van der Waals surface area contributed by atoms with Crippen LogP contribution in [-0.4, -0.2) is 12.1 Å². The summed E-state index contributed by atoms with van der Waals surface area (Å²) in [5.74, 6) is 0.771. The zero-order chi connectivity index (χ0) is 16.9. The summed E-state index contributed by atoms with van der Waals surface area (Å²) in [4.78, 5) is 27.5. The number of pyridine rings is 1. The lowest BCUT2D eigenvalue weighted by Crippen LogP contribution is -2.37. The topological polar surface area (TPSA) is 80.3 Å². The van der Waals surface area contributed by atoms with Crippen LogP contribution in [-0.2, 0) is 13.1 Å². The van der Waals surface area contributed by atoms with E-state index in [0.717, 1.165) is 16.9 Å². The molecule has 0 bridgehead atoms. The van der Waals surface area contributed by atoms with Gasteiger partial charge in [-0.2, -0.15) is 0 Å². The maximum absolute atomic E-state index is 11.8. The van der Waals surface area contributed by atoms with Crippen molar-refractivity contribution >= 4 is 11.4 Å². The molecule has 1 heterocycles. The third kappa shape index (κ3) is 3.27. The minimum absolute atomic E-state index is 0.338. The largest absolute Gasteiger partial charge is 0.497 e. The summed E-state index contributed by atoms with van der Waals surface area (Å²) in [5.41, 5.74) is 1.68. The molecule has 1 aromatic heterocycles. The molecule has 6 heteroatoms. The number of ether oxygens (including phenoxy) is 1. The van der Waals surface area contributed by atoms with Crippen LogP contribution in [0.5, 0.6) is 5.75 Å². The van der Waals surface area contributed by atoms with Crippen LogP contribution in [0.2, 0.25) is 0 Å². The lowest BCUT2D eigenvalue weighted by atomic mass is 10.1. The second-order valence-corrected chi connectivity index (χ2v) is 5.32. The summed E-state index contributed by atoms with van der Waals surface area (Å²) in [6.45, 7) is 0.920. The van der Waals surface area contributed by atoms with Crippen molar-refractivity contribution in [1.82, 2.24) is 4.98 Å². The van der Waals surface area contributed by atoms with Crippen LogP contribution in [0, 0.1) is 0 Å². The van der Waals surface area contributed by atoms with Crippen LogP contribution >= 0.6 is 0 Å². The molecule has 0 amide bonds. The van der Waals surface area contributed by atoms with E-state index in [9.17, 15) is 9.59 Å². The Labute approximate surface area is 138 Å². The molecule has 2 N–H and O–H groups in total. The number of aromatic nitrogens is 1. The van der Waals surface area contributed by atoms with E-state index in [-0.39, 0.29) is 0 Å². The highest BCUT2D eigenvalue weighted by Crippen LogP contribution is 2.18. The van der Waals surface area contributed by atoms with E-state index >= 15 is 0 Å². The average Bonchev–Trinajstić information content (AvgIpc) is 2.65. The van der Waals surface area contributed by atoms with E-state index in [1.165, 1.54) is 0 Å². The predicted octanol–water partition coefficient (Wildman–Crippen LogP) is 1.91. The molecule has 0 unspecified atom stereocenters. The zero-order valence-corrected chi connectivity index (χ0v) is 13.2. The quantitative estimate of drug-likeness (QED) is 0.647. The van der Waals surface area contributed by atoms with Crippen molar-refractivity contribution in [2.24, 2.45) is 0 Å². The number of rotatable bonds is 7. The summed E-state index contributed by atoms with van der Waals surface area (Å²) in [6, 6.07) is 11.2. The number of anilines is 2. The monoisotopic (exact) mass is 323 g/mol. The minimum Gasteiger partial charge on any atom is -0.497 e. The number of hydrogen-bond acceptors (Lipinski definition) is 6. The molecule has 0 fully saturated rings. The van der Waals surface area contributed by atoms with Gasteiger partial charge in [0.25, 0.3) is 10.9 Å². The lowest BCUT2D eigenvalue weighted by Gasteiger charge is -2.15. The van der Waals surface area contributed by atoms with E-state index in [2.05, 4.69) is 15.6 Å². The van der Waals surface area contributed by atoms with Gasteiger partial charge in [0.1, 0.15) is 17.1 Å². The predicted molar refractivity (Wildman–Crippen MR) is 93.2 cm³/mol. The van der Waals surface area contributed by atoms with Crippen molar-refractivity contribution in [2.75, 3.05) is 17.7 Å². The van der Waals surface area contributed by atoms with Crippen molar-refractivity contribution < 1.29 is 4.74 Å². The Morgan fingerprint density at radius 3 is 1.83 bits per heavy atom. The molecule has 0 radical (unpaired) electrons. The van der Waals surface area contributed by atoms with Crippen molar-refractivity contribution in [3.63, 3.8) is 0 Å². The number of hydrogen-bond donors (Lipinski definition) is 2. The summed E-state index contributed by atoms with van der Waals surface area (Å²) in [6.07, 6.45) is 3.37. The molecular weight excluding hydrogens is 306 g/mol. The fourth-order valence-electron chi connectivity index (χ4n) is 2.35. The van der Waals surface area contributed by atoms with Crippen LogP contribution < -0.4 is 26.2 Å². The molecule has 0 aliphatic rings. The Morgan fingerprint density at radius 2 is 1.33 bits per heavy atom. The Balaban J connectivity index is 1.64. The SMILES string of the molecule is COc1ccc(CNc2c(NCc3ccncc3)c(=O)c2=O)cc1. The number of methoxy groups -OCH3 is 1. The molecule has 6 nitrogen and oxygen atoms in total. The maximum Gasteiger partial charge on any atom is 0.253 e. The summed E-state index contributed by atoms with van der Waals surface area (Å²) < 4.78 is 5.11. The first-order valence-electron chi connectivity index (χ1n) is 7.52. The molecule has 2 aromatic carbocycles. The van der Waals surface area contributed by atoms with Gasteiger partial charge < -0.3 is 15.4 Å². The summed E-state index contributed by atoms with van der Waals surface area (Å²) in [5, 5.41) is 6.05. The van der Waals surface area contributed by atoms with Gasteiger partial charge in [-0.1, -0.05) is 12.1 Å². The highest BCUT2D eigenvalue weighted by atomic mass is 16.5. The van der Waals surface area contributed by atoms with Gasteiger partial charge in [0.15, 0.2) is 0 Å². The van der Waals surface area contributed by atoms with Crippen molar-refractivity contribution in [1.29, 1.82) is 0 Å². The summed E-state index contributed by atoms with van der Waals surface area (Å²) in [7, 11) is 1.61. The number of nitrogens with zero attached hydrogens (tertiary/aromatic N) is 1. The van der Waals surface area contributed by atoms with E-state index in [0.29, 0.717) is 24.5 Å². The van der Waals surface area contributed by atoms with Crippen LogP contribution in [0.3, 0.4) is 0 Å². The first-order valence-corrected chi connectivity index (χ1v) is 7.52. The Hall–Kier alpha value is -3.15. The fourth-order valence-corrected chi connectivity index (χ4v) is 2.35. The highest BCUT2D eigenvalue weighted by Gasteiger charge is 2.20. The molecule has 122 valence electrons. The third-order valence-electron chi connectivity index (χ3n) is 3.76. The Bertz CT molecular complexity index is 882. The first-order chi connectivity index (χ1) is 11.7. The third-order valence-corrected chi connectivity index (χ3v) is 3.76. The van der Waals surface area contributed by atoms with Gasteiger partial charge >= 0.3 is 0 Å². The second-order valence-electron chi connectivity index (χ2n) is 5.32. The Morgan fingerprint density at radius 1 is 0.833 bits per heavy atom. The van der Waals surface area contributed by atoms with Crippen LogP contribution in [0.15, 0.2) is 58.4 Å². The van der Waals surface area contributed by atoms with Gasteiger partial charge in [-0.25, -0.2) is 0 Å². The van der Waals surface area contributed by atoms with Crippen molar-refractivity contribution in [2.45, 2.75) is 13.1 Å². The van der Waals surface area contributed by atoms with Crippen LogP contribution in [0.4, 0.5) is 11.4 Å². The van der Waals surface area contributed by atoms with Gasteiger partial charge in [0.2, 0.25) is 0 Å². The maximum atomic E-state index is 11.8. The van der Waals surface area contributed by atoms with E-state index in [1.54, 1.807) is 19.5 Å². The normalized spacial score (nSPS) is 10.5. The molecule has 24 heavy (non-hydrogen) atoms. The molecule has 0 saturated carbocycles. The van der Waals surface area contributed by atoms with E-state index < -0.39 is 10.9 Å². The van der Waals surface area contributed by atoms with Crippen molar-refractivity contribution in [3.8, 4) is 5.75 Å². The molecule has 3 aromatic rings. The summed E-state index contributed by atoms with van der Waals surface area (Å²) >= 11 is 0. The molecule has 0 aliphatic carbocycles. The molecule has 0 aliphatic heterocycles. The second kappa shape index (κ2) is 6.95. The highest BCUT2D eigenvalue weighted by molar-refractivity contribution is 5.74. The number of benzene rings is 1. The Kier molecular flexibility index (Phi) is 4.56. The van der Waals surface area contributed by atoms with Gasteiger partial charge in [-0.05, 0) is 35.4 Å². The first kappa shape index (κ1) is 15.7. The van der Waals surface area contributed by atoms with E-state index in [1.807, 2.05) is 36.4 Å². The molecule has 3 rings (SSSR count). The smallest absolute Gasteiger partial charge is 0.253 e. The van der Waals surface area contributed by atoms with Crippen molar-refractivity contribution in [3.05, 3.63) is 80.4 Å². The lowest BCUT2D eigenvalue weighted by molar-refractivity contribution is 0.414. The van der Waals surface area contributed by atoms with Crippen LogP contribution in [0.1, 0.15) is 11.1 Å². The molecule has 0 saturated heterocycles. The van der Waals surface area contributed by atoms with E-state index in [4.69, 9.17) is 4.74 Å². The zero-order valence-electron chi connectivity index (χ0n) is 13.2. The van der Waals surface area contributed by atoms with Gasteiger partial charge in [-0.3, -0.25) is 14.6 Å². The molecule has 0 spiro atoms. The average molecular weight is 323 g/mol. The fraction of sp³-hybridized carbons (Fsp3) is 0.167. The van der Waals surface area contributed by atoms with Gasteiger partial charge in [0.05, 0.1) is 7.11 Å². The standard InChI is InChI=1S/C18H17N3O3/c1-24-14-4-2-12(3-5-14)10-20-15-16(18(23)17(15)22)21-11-13-6-8-19-9-7-13/h2-9,20-21H,10-11H2,1H3. The minimum atomic E-state index is -0.485. The molecular formula is C18H17N3O3. The van der Waals surface area contributed by atoms with Crippen LogP contribution in [0.25, 0.3) is 0 Å². The number of nitrogens with one attached hydrogen (secondary N) is 2.